The Morgan fingerprint density at radius 1 is 0.971 bits per heavy atom. The Hall–Kier alpha value is -2.79. The van der Waals surface area contributed by atoms with Gasteiger partial charge in [0.25, 0.3) is 5.91 Å². The van der Waals surface area contributed by atoms with Crippen LogP contribution in [0.1, 0.15) is 26.3 Å². The predicted molar refractivity (Wildman–Crippen MR) is 114 cm³/mol. The van der Waals surface area contributed by atoms with Gasteiger partial charge in [0.1, 0.15) is 17.3 Å². The minimum atomic E-state index is -4.91. The Kier molecular flexibility index (Phi) is 7.18. The number of carbonyl (C=O) groups excluding carboxylic acids is 1. The zero-order valence-electron chi connectivity index (χ0n) is 17.1. The zero-order chi connectivity index (χ0) is 24.1. The summed E-state index contributed by atoms with van der Waals surface area (Å²) in [6.07, 6.45) is -4.91. The normalized spacial score (nSPS) is 11.4. The van der Waals surface area contributed by atoms with Crippen LogP contribution in [0.2, 0.25) is 5.02 Å². The zero-order valence-corrected chi connectivity index (χ0v) is 19.9. The number of alkyl halides is 3. The fourth-order valence-electron chi connectivity index (χ4n) is 3.40. The molecule has 169 valence electrons. The number of carbonyl (C=O) groups is 2. The first-order valence-corrected chi connectivity index (χ1v) is 9.49. The van der Waals surface area contributed by atoms with Gasteiger partial charge in [0.2, 0.25) is 0 Å². The molecule has 4 aromatic rings. The van der Waals surface area contributed by atoms with Crippen LogP contribution >= 0.6 is 11.6 Å². The number of carboxylic acid groups (broad SMARTS) is 1. The van der Waals surface area contributed by atoms with Crippen molar-refractivity contribution in [3.63, 3.8) is 0 Å². The SMILES string of the molecule is O=C(O)c1ccc(-c2nn(C(=O)c3c(Cl)cccc3C(F)(F)F)c3cccc(F)c23)cc1F.[Na]. The number of fused-ring (bicyclic) bond motifs is 1. The van der Waals surface area contributed by atoms with E-state index >= 15 is 0 Å². The van der Waals surface area contributed by atoms with Gasteiger partial charge in [0, 0.05) is 35.1 Å². The molecule has 0 aliphatic heterocycles. The smallest absolute Gasteiger partial charge is 0.417 e. The van der Waals surface area contributed by atoms with E-state index in [0.717, 1.165) is 36.4 Å². The number of benzene rings is 3. The van der Waals surface area contributed by atoms with E-state index in [-0.39, 0.29) is 51.7 Å². The molecule has 1 heterocycles. The summed E-state index contributed by atoms with van der Waals surface area (Å²) >= 11 is 5.91. The summed E-state index contributed by atoms with van der Waals surface area (Å²) in [7, 11) is 0. The number of halogens is 6. The standard InChI is InChI=1S/C22H10ClF5N2O3.Na/c23-13-4-1-3-12(22(26,27)28)17(13)20(31)30-16-6-2-5-14(24)18(16)19(29-30)10-7-8-11(21(32)33)15(25)9-10;/h1-9H,(H,32,33);. The first kappa shape index (κ1) is 25.8. The number of hydrogen-bond acceptors (Lipinski definition) is 3. The van der Waals surface area contributed by atoms with E-state index in [4.69, 9.17) is 16.7 Å². The van der Waals surface area contributed by atoms with E-state index in [9.17, 15) is 31.5 Å². The molecule has 0 spiro atoms. The van der Waals surface area contributed by atoms with E-state index < -0.39 is 51.4 Å². The molecule has 5 nitrogen and oxygen atoms in total. The van der Waals surface area contributed by atoms with Crippen molar-refractivity contribution >= 4 is 63.9 Å². The Bertz CT molecular complexity index is 1450. The summed E-state index contributed by atoms with van der Waals surface area (Å²) in [5.74, 6) is -4.83. The predicted octanol–water partition coefficient (Wildman–Crippen LogP) is 5.66. The van der Waals surface area contributed by atoms with E-state index in [1.807, 2.05) is 0 Å². The van der Waals surface area contributed by atoms with Crippen molar-refractivity contribution in [2.24, 2.45) is 0 Å². The molecule has 1 aromatic heterocycles. The molecule has 1 N–H and O–H groups in total. The number of rotatable bonds is 3. The van der Waals surface area contributed by atoms with Gasteiger partial charge in [-0.25, -0.2) is 13.6 Å². The molecule has 0 aliphatic rings. The molecular formula is C22H10ClF5N2NaO3. The molecule has 0 amide bonds. The summed E-state index contributed by atoms with van der Waals surface area (Å²) in [4.78, 5) is 24.2. The van der Waals surface area contributed by atoms with Gasteiger partial charge in [0.15, 0.2) is 0 Å². The van der Waals surface area contributed by atoms with Crippen LogP contribution in [0, 0.1) is 11.6 Å². The van der Waals surface area contributed by atoms with Crippen molar-refractivity contribution in [2.45, 2.75) is 6.18 Å². The number of aromatic carboxylic acids is 1. The minimum Gasteiger partial charge on any atom is -0.478 e. The summed E-state index contributed by atoms with van der Waals surface area (Å²) in [6.45, 7) is 0. The van der Waals surface area contributed by atoms with Crippen LogP contribution in [0.3, 0.4) is 0 Å². The van der Waals surface area contributed by atoms with Crippen LogP contribution in [0.5, 0.6) is 0 Å². The summed E-state index contributed by atoms with van der Waals surface area (Å²) in [6, 6.07) is 9.15. The molecule has 0 fully saturated rings. The van der Waals surface area contributed by atoms with Crippen molar-refractivity contribution in [1.29, 1.82) is 0 Å². The molecular weight excluding hydrogens is 494 g/mol. The summed E-state index contributed by atoms with van der Waals surface area (Å²) < 4.78 is 70.0. The van der Waals surface area contributed by atoms with Crippen LogP contribution in [0.25, 0.3) is 22.2 Å². The van der Waals surface area contributed by atoms with Gasteiger partial charge in [-0.3, -0.25) is 4.79 Å². The third kappa shape index (κ3) is 4.46. The van der Waals surface area contributed by atoms with Crippen LogP contribution in [-0.2, 0) is 6.18 Å². The Morgan fingerprint density at radius 2 is 1.65 bits per heavy atom. The van der Waals surface area contributed by atoms with Gasteiger partial charge in [-0.15, -0.1) is 0 Å². The van der Waals surface area contributed by atoms with Crippen molar-refractivity contribution in [2.75, 3.05) is 0 Å². The quantitative estimate of drug-likeness (QED) is 0.289. The van der Waals surface area contributed by atoms with E-state index in [0.29, 0.717) is 10.7 Å². The van der Waals surface area contributed by atoms with Crippen molar-refractivity contribution in [3.8, 4) is 11.3 Å². The van der Waals surface area contributed by atoms with E-state index in [1.165, 1.54) is 12.1 Å². The van der Waals surface area contributed by atoms with Crippen LogP contribution in [-0.4, -0.2) is 56.3 Å². The van der Waals surface area contributed by atoms with Gasteiger partial charge in [-0.05, 0) is 36.4 Å². The number of carboxylic acids is 1. The molecule has 0 saturated heterocycles. The largest absolute Gasteiger partial charge is 0.478 e. The van der Waals surface area contributed by atoms with Gasteiger partial charge in [-0.1, -0.05) is 29.8 Å². The average Bonchev–Trinajstić information content (AvgIpc) is 3.13. The monoisotopic (exact) mass is 503 g/mol. The maximum absolute atomic E-state index is 14.7. The van der Waals surface area contributed by atoms with Crippen LogP contribution in [0.4, 0.5) is 22.0 Å². The molecule has 0 atom stereocenters. The second kappa shape index (κ2) is 9.46. The minimum absolute atomic E-state index is 0. The molecule has 0 saturated carbocycles. The van der Waals surface area contributed by atoms with Gasteiger partial charge >= 0.3 is 12.1 Å². The first-order chi connectivity index (χ1) is 15.5. The third-order valence-electron chi connectivity index (χ3n) is 4.85. The third-order valence-corrected chi connectivity index (χ3v) is 5.17. The van der Waals surface area contributed by atoms with Crippen LogP contribution < -0.4 is 0 Å². The first-order valence-electron chi connectivity index (χ1n) is 9.11. The molecule has 0 bridgehead atoms. The molecule has 1 radical (unpaired) electrons. The second-order valence-corrected chi connectivity index (χ2v) is 7.27. The summed E-state index contributed by atoms with van der Waals surface area (Å²) in [5.41, 5.74) is -3.39. The van der Waals surface area contributed by atoms with Gasteiger partial charge in [0.05, 0.1) is 32.6 Å². The van der Waals surface area contributed by atoms with Crippen molar-refractivity contribution < 1.29 is 36.6 Å². The molecule has 0 unspecified atom stereocenters. The molecule has 3 aromatic carbocycles. The fraction of sp³-hybridized carbons (Fsp3) is 0.0455. The average molecular weight is 504 g/mol. The van der Waals surface area contributed by atoms with Gasteiger partial charge < -0.3 is 5.11 Å². The van der Waals surface area contributed by atoms with Crippen molar-refractivity contribution in [1.82, 2.24) is 9.78 Å². The molecule has 0 aliphatic carbocycles. The summed E-state index contributed by atoms with van der Waals surface area (Å²) in [5, 5.41) is 12.2. The van der Waals surface area contributed by atoms with E-state index in [1.54, 1.807) is 0 Å². The fourth-order valence-corrected chi connectivity index (χ4v) is 3.66. The molecule has 4 rings (SSSR count). The topological polar surface area (TPSA) is 72.2 Å². The molecule has 12 heteroatoms. The number of hydrogen-bond donors (Lipinski definition) is 1. The second-order valence-electron chi connectivity index (χ2n) is 6.86. The molecule has 34 heavy (non-hydrogen) atoms. The van der Waals surface area contributed by atoms with E-state index in [2.05, 4.69) is 5.10 Å². The van der Waals surface area contributed by atoms with Gasteiger partial charge in [-0.2, -0.15) is 23.0 Å². The Balaban J connectivity index is 0.00000324. The maximum atomic E-state index is 14.7. The number of aromatic nitrogens is 2. The number of nitrogens with zero attached hydrogens (tertiary/aromatic N) is 2. The van der Waals surface area contributed by atoms with Crippen molar-refractivity contribution in [3.05, 3.63) is 87.9 Å². The Labute approximate surface area is 215 Å². The Morgan fingerprint density at radius 3 is 2.26 bits per heavy atom. The van der Waals surface area contributed by atoms with Crippen LogP contribution in [0.15, 0.2) is 54.6 Å². The maximum Gasteiger partial charge on any atom is 0.417 e.